The van der Waals surface area contributed by atoms with E-state index in [1.54, 1.807) is 49.4 Å². The van der Waals surface area contributed by atoms with Gasteiger partial charge in [-0.25, -0.2) is 4.79 Å². The summed E-state index contributed by atoms with van der Waals surface area (Å²) in [7, 11) is 0. The molecule has 1 atom stereocenters. The van der Waals surface area contributed by atoms with E-state index in [2.05, 4.69) is 5.32 Å². The number of rotatable bonds is 7. The van der Waals surface area contributed by atoms with Gasteiger partial charge < -0.3 is 14.8 Å². The van der Waals surface area contributed by atoms with E-state index < -0.39 is 12.0 Å². The van der Waals surface area contributed by atoms with Crippen LogP contribution >= 0.6 is 0 Å². The predicted molar refractivity (Wildman–Crippen MR) is 100 cm³/mol. The van der Waals surface area contributed by atoms with Gasteiger partial charge in [-0.1, -0.05) is 18.2 Å². The number of hydrogen-bond acceptors (Lipinski definition) is 6. The highest BCUT2D eigenvalue weighted by Crippen LogP contribution is 2.27. The molecule has 0 saturated heterocycles. The molecule has 7 heteroatoms. The maximum absolute atomic E-state index is 12.0. The standard InChI is InChI=1S/C21H19N3O4/c1-3-27-21(26)19(24-14(2)25)11-15-7-9-17(10-8-15)28-20-6-4-5-16(12-22)18(20)13-23/h4-10,19H,3,11H2,1-2H3,(H,24,25). The van der Waals surface area contributed by atoms with Gasteiger partial charge in [0.1, 0.15) is 35.2 Å². The summed E-state index contributed by atoms with van der Waals surface area (Å²) in [5, 5.41) is 20.9. The average Bonchev–Trinajstić information content (AvgIpc) is 2.68. The van der Waals surface area contributed by atoms with Crippen molar-refractivity contribution in [2.45, 2.75) is 26.3 Å². The Balaban J connectivity index is 2.15. The third-order valence-corrected chi connectivity index (χ3v) is 3.80. The fourth-order valence-electron chi connectivity index (χ4n) is 2.56. The van der Waals surface area contributed by atoms with Gasteiger partial charge in [0, 0.05) is 13.3 Å². The number of hydrogen-bond donors (Lipinski definition) is 1. The predicted octanol–water partition coefficient (Wildman–Crippen LogP) is 2.83. The molecule has 0 bridgehead atoms. The minimum atomic E-state index is -0.776. The Labute approximate surface area is 163 Å². The third-order valence-electron chi connectivity index (χ3n) is 3.80. The topological polar surface area (TPSA) is 112 Å². The van der Waals surface area contributed by atoms with Crippen LogP contribution in [0.3, 0.4) is 0 Å². The van der Waals surface area contributed by atoms with E-state index in [1.165, 1.54) is 6.92 Å². The molecule has 2 rings (SSSR count). The molecule has 0 radical (unpaired) electrons. The summed E-state index contributed by atoms with van der Waals surface area (Å²) in [4.78, 5) is 23.3. The maximum atomic E-state index is 12.0. The van der Waals surface area contributed by atoms with Crippen LogP contribution in [0, 0.1) is 22.7 Å². The van der Waals surface area contributed by atoms with Crippen LogP contribution in [0.1, 0.15) is 30.5 Å². The number of ether oxygens (including phenoxy) is 2. The molecule has 0 aliphatic rings. The van der Waals surface area contributed by atoms with Gasteiger partial charge in [-0.2, -0.15) is 10.5 Å². The smallest absolute Gasteiger partial charge is 0.328 e. The fraction of sp³-hybridized carbons (Fsp3) is 0.238. The van der Waals surface area contributed by atoms with Crippen LogP contribution in [0.15, 0.2) is 42.5 Å². The van der Waals surface area contributed by atoms with Gasteiger partial charge in [0.15, 0.2) is 0 Å². The fourth-order valence-corrected chi connectivity index (χ4v) is 2.56. The largest absolute Gasteiger partial charge is 0.464 e. The number of nitrogens with one attached hydrogen (secondary N) is 1. The molecule has 0 aliphatic carbocycles. The number of carbonyl (C=O) groups excluding carboxylic acids is 2. The highest BCUT2D eigenvalue weighted by atomic mass is 16.5. The van der Waals surface area contributed by atoms with E-state index in [1.807, 2.05) is 12.1 Å². The number of esters is 1. The van der Waals surface area contributed by atoms with Crippen LogP contribution in [-0.4, -0.2) is 24.5 Å². The highest BCUT2D eigenvalue weighted by Gasteiger charge is 2.21. The highest BCUT2D eigenvalue weighted by molar-refractivity contribution is 5.83. The van der Waals surface area contributed by atoms with Crippen molar-refractivity contribution in [3.05, 3.63) is 59.2 Å². The van der Waals surface area contributed by atoms with Crippen molar-refractivity contribution in [3.63, 3.8) is 0 Å². The van der Waals surface area contributed by atoms with Crippen LogP contribution < -0.4 is 10.1 Å². The van der Waals surface area contributed by atoms with Crippen molar-refractivity contribution in [2.24, 2.45) is 0 Å². The second-order valence-corrected chi connectivity index (χ2v) is 5.86. The van der Waals surface area contributed by atoms with Crippen LogP contribution in [0.4, 0.5) is 0 Å². The minimum absolute atomic E-state index is 0.169. The average molecular weight is 377 g/mol. The molecule has 0 saturated carbocycles. The molecule has 2 aromatic rings. The third kappa shape index (κ3) is 5.33. The lowest BCUT2D eigenvalue weighted by molar-refractivity contribution is -0.147. The molecule has 1 amide bonds. The molecule has 2 aromatic carbocycles. The van der Waals surface area contributed by atoms with Crippen LogP contribution in [0.5, 0.6) is 11.5 Å². The Morgan fingerprint density at radius 3 is 2.39 bits per heavy atom. The molecular formula is C21H19N3O4. The second kappa shape index (κ2) is 9.75. The van der Waals surface area contributed by atoms with Crippen molar-refractivity contribution in [1.29, 1.82) is 10.5 Å². The van der Waals surface area contributed by atoms with Gasteiger partial charge in [-0.3, -0.25) is 4.79 Å². The van der Waals surface area contributed by atoms with Crippen molar-refractivity contribution < 1.29 is 19.1 Å². The van der Waals surface area contributed by atoms with E-state index in [4.69, 9.17) is 14.7 Å². The van der Waals surface area contributed by atoms with E-state index in [0.29, 0.717) is 5.75 Å². The minimum Gasteiger partial charge on any atom is -0.464 e. The zero-order valence-corrected chi connectivity index (χ0v) is 15.6. The molecule has 0 aromatic heterocycles. The van der Waals surface area contributed by atoms with Gasteiger partial charge in [-0.15, -0.1) is 0 Å². The van der Waals surface area contributed by atoms with E-state index in [9.17, 15) is 14.9 Å². The number of amides is 1. The molecule has 1 N–H and O–H groups in total. The summed E-state index contributed by atoms with van der Waals surface area (Å²) in [5.74, 6) is -0.0519. The summed E-state index contributed by atoms with van der Waals surface area (Å²) in [6, 6.07) is 14.8. The molecule has 0 spiro atoms. The van der Waals surface area contributed by atoms with E-state index in [-0.39, 0.29) is 35.8 Å². The SMILES string of the molecule is CCOC(=O)C(Cc1ccc(Oc2cccc(C#N)c2C#N)cc1)NC(C)=O. The lowest BCUT2D eigenvalue weighted by Gasteiger charge is -2.16. The molecule has 142 valence electrons. The second-order valence-electron chi connectivity index (χ2n) is 5.86. The molecule has 0 heterocycles. The van der Waals surface area contributed by atoms with Gasteiger partial charge in [0.2, 0.25) is 5.91 Å². The number of carbonyl (C=O) groups is 2. The lowest BCUT2D eigenvalue weighted by atomic mass is 10.1. The van der Waals surface area contributed by atoms with Crippen LogP contribution in [0.25, 0.3) is 0 Å². The Kier molecular flexibility index (Phi) is 7.13. The Hall–Kier alpha value is -3.84. The first kappa shape index (κ1) is 20.5. The van der Waals surface area contributed by atoms with Crippen molar-refractivity contribution >= 4 is 11.9 Å². The normalized spacial score (nSPS) is 10.9. The van der Waals surface area contributed by atoms with E-state index >= 15 is 0 Å². The Morgan fingerprint density at radius 2 is 1.82 bits per heavy atom. The number of benzene rings is 2. The zero-order chi connectivity index (χ0) is 20.5. The molecular weight excluding hydrogens is 358 g/mol. The van der Waals surface area contributed by atoms with Gasteiger partial charge in [0.25, 0.3) is 0 Å². The van der Waals surface area contributed by atoms with Crippen molar-refractivity contribution in [2.75, 3.05) is 6.61 Å². The Morgan fingerprint density at radius 1 is 1.11 bits per heavy atom. The first-order valence-corrected chi connectivity index (χ1v) is 8.62. The monoisotopic (exact) mass is 377 g/mol. The Bertz CT molecular complexity index is 940. The van der Waals surface area contributed by atoms with Crippen molar-refractivity contribution in [1.82, 2.24) is 5.32 Å². The van der Waals surface area contributed by atoms with Gasteiger partial charge in [-0.05, 0) is 36.8 Å². The number of nitrogens with zero attached hydrogens (tertiary/aromatic N) is 2. The summed E-state index contributed by atoms with van der Waals surface area (Å²) in [5.41, 5.74) is 1.21. The molecule has 0 aliphatic heterocycles. The van der Waals surface area contributed by atoms with Gasteiger partial charge in [0.05, 0.1) is 12.2 Å². The summed E-state index contributed by atoms with van der Waals surface area (Å²) in [6.45, 7) is 3.27. The molecule has 28 heavy (non-hydrogen) atoms. The number of nitriles is 2. The van der Waals surface area contributed by atoms with Crippen LogP contribution in [0.2, 0.25) is 0 Å². The first-order chi connectivity index (χ1) is 13.5. The van der Waals surface area contributed by atoms with E-state index in [0.717, 1.165) is 5.56 Å². The van der Waals surface area contributed by atoms with Gasteiger partial charge >= 0.3 is 5.97 Å². The molecule has 7 nitrogen and oxygen atoms in total. The molecule has 1 unspecified atom stereocenters. The van der Waals surface area contributed by atoms with Crippen LogP contribution in [-0.2, 0) is 20.7 Å². The zero-order valence-electron chi connectivity index (χ0n) is 15.6. The lowest BCUT2D eigenvalue weighted by Crippen LogP contribution is -2.42. The van der Waals surface area contributed by atoms with Crippen molar-refractivity contribution in [3.8, 4) is 23.6 Å². The quantitative estimate of drug-likeness (QED) is 0.743. The summed E-state index contributed by atoms with van der Waals surface area (Å²) < 4.78 is 10.7. The summed E-state index contributed by atoms with van der Waals surface area (Å²) in [6.07, 6.45) is 0.270. The summed E-state index contributed by atoms with van der Waals surface area (Å²) >= 11 is 0. The maximum Gasteiger partial charge on any atom is 0.328 e. The first-order valence-electron chi connectivity index (χ1n) is 8.62. The molecule has 0 fully saturated rings.